The second-order valence-electron chi connectivity index (χ2n) is 7.13. The van der Waals surface area contributed by atoms with Gasteiger partial charge in [0.25, 0.3) is 5.91 Å². The van der Waals surface area contributed by atoms with E-state index >= 15 is 0 Å². The minimum atomic E-state index is -0.234. The van der Waals surface area contributed by atoms with Crippen molar-refractivity contribution in [3.8, 4) is 5.75 Å². The molecule has 0 radical (unpaired) electrons. The Kier molecular flexibility index (Phi) is 7.15. The van der Waals surface area contributed by atoms with Gasteiger partial charge in [-0.05, 0) is 41.3 Å². The van der Waals surface area contributed by atoms with Gasteiger partial charge in [0.2, 0.25) is 0 Å². The topological polar surface area (TPSA) is 62.7 Å². The Hall–Kier alpha value is -3.64. The van der Waals surface area contributed by atoms with E-state index < -0.39 is 0 Å². The van der Waals surface area contributed by atoms with E-state index in [1.54, 1.807) is 6.21 Å². The maximum absolute atomic E-state index is 12.2. The Bertz CT molecular complexity index is 1230. The predicted octanol–water partition coefficient (Wildman–Crippen LogP) is 5.74. The number of hydrogen-bond donors (Lipinski definition) is 2. The molecule has 6 heteroatoms. The highest BCUT2D eigenvalue weighted by atomic mass is 79.9. The Morgan fingerprint density at radius 1 is 0.906 bits per heavy atom. The van der Waals surface area contributed by atoms with Crippen LogP contribution in [0.5, 0.6) is 5.75 Å². The summed E-state index contributed by atoms with van der Waals surface area (Å²) in [5, 5.41) is 9.46. The zero-order chi connectivity index (χ0) is 22.2. The Labute approximate surface area is 195 Å². The molecule has 0 saturated carbocycles. The number of hydrogen-bond acceptors (Lipinski definition) is 4. The standard InChI is InChI=1S/C26H22BrN3O2/c27-22-14-12-19(13-15-22)18-32-25-11-4-2-7-21(25)16-29-30-26(31)17-28-24-10-5-8-20-6-1-3-9-23(20)24/h1-16,28H,17-18H2,(H,30,31)/b29-16-. The van der Waals surface area contributed by atoms with Crippen LogP contribution in [0.4, 0.5) is 5.69 Å². The van der Waals surface area contributed by atoms with Gasteiger partial charge in [0.15, 0.2) is 0 Å². The first kappa shape index (κ1) is 21.6. The zero-order valence-corrected chi connectivity index (χ0v) is 18.9. The molecule has 0 aliphatic rings. The third-order valence-electron chi connectivity index (χ3n) is 4.85. The highest BCUT2D eigenvalue weighted by Crippen LogP contribution is 2.22. The van der Waals surface area contributed by atoms with Gasteiger partial charge in [-0.1, -0.05) is 76.6 Å². The second-order valence-corrected chi connectivity index (χ2v) is 8.04. The van der Waals surface area contributed by atoms with Crippen LogP contribution in [0.25, 0.3) is 10.8 Å². The SMILES string of the molecule is O=C(CNc1cccc2ccccc12)N/N=C\c1ccccc1OCc1ccc(Br)cc1. The molecule has 0 bridgehead atoms. The summed E-state index contributed by atoms with van der Waals surface area (Å²) in [4.78, 5) is 12.2. The van der Waals surface area contributed by atoms with Crippen molar-refractivity contribution < 1.29 is 9.53 Å². The third kappa shape index (κ3) is 5.74. The number of nitrogens with one attached hydrogen (secondary N) is 2. The number of benzene rings is 4. The number of para-hydroxylation sites is 1. The van der Waals surface area contributed by atoms with Gasteiger partial charge in [0.1, 0.15) is 12.4 Å². The van der Waals surface area contributed by atoms with Crippen LogP contribution in [-0.4, -0.2) is 18.7 Å². The van der Waals surface area contributed by atoms with Crippen LogP contribution in [0.15, 0.2) is 101 Å². The normalized spacial score (nSPS) is 10.9. The Balaban J connectivity index is 1.32. The molecular formula is C26H22BrN3O2. The van der Waals surface area contributed by atoms with Crippen molar-refractivity contribution in [2.75, 3.05) is 11.9 Å². The summed E-state index contributed by atoms with van der Waals surface area (Å²) in [5.74, 6) is 0.463. The van der Waals surface area contributed by atoms with E-state index in [-0.39, 0.29) is 12.5 Å². The highest BCUT2D eigenvalue weighted by molar-refractivity contribution is 9.10. The number of hydrazone groups is 1. The van der Waals surface area contributed by atoms with Gasteiger partial charge in [0.05, 0.1) is 12.8 Å². The summed E-state index contributed by atoms with van der Waals surface area (Å²) < 4.78 is 6.96. The number of carbonyl (C=O) groups excluding carboxylic acids is 1. The fraction of sp³-hybridized carbons (Fsp3) is 0.0769. The summed E-state index contributed by atoms with van der Waals surface area (Å²) >= 11 is 3.43. The largest absolute Gasteiger partial charge is 0.488 e. The number of ether oxygens (including phenoxy) is 1. The van der Waals surface area contributed by atoms with Crippen molar-refractivity contribution >= 4 is 44.5 Å². The van der Waals surface area contributed by atoms with Gasteiger partial charge < -0.3 is 10.1 Å². The van der Waals surface area contributed by atoms with E-state index in [0.717, 1.165) is 32.1 Å². The lowest BCUT2D eigenvalue weighted by atomic mass is 10.1. The van der Waals surface area contributed by atoms with Crippen molar-refractivity contribution in [3.05, 3.63) is 107 Å². The fourth-order valence-corrected chi connectivity index (χ4v) is 3.49. The molecule has 0 saturated heterocycles. The molecule has 0 aromatic heterocycles. The monoisotopic (exact) mass is 487 g/mol. The summed E-state index contributed by atoms with van der Waals surface area (Å²) in [5.41, 5.74) is 5.32. The van der Waals surface area contributed by atoms with Gasteiger partial charge in [0, 0.05) is 21.1 Å². The molecule has 32 heavy (non-hydrogen) atoms. The van der Waals surface area contributed by atoms with Crippen LogP contribution in [0.2, 0.25) is 0 Å². The molecule has 4 aromatic carbocycles. The lowest BCUT2D eigenvalue weighted by Gasteiger charge is -2.10. The molecule has 0 aliphatic carbocycles. The smallest absolute Gasteiger partial charge is 0.259 e. The van der Waals surface area contributed by atoms with Crippen LogP contribution < -0.4 is 15.5 Å². The molecule has 5 nitrogen and oxygen atoms in total. The van der Waals surface area contributed by atoms with Crippen LogP contribution in [-0.2, 0) is 11.4 Å². The molecule has 0 heterocycles. The first-order valence-corrected chi connectivity index (χ1v) is 11.0. The number of fused-ring (bicyclic) bond motifs is 1. The number of carbonyl (C=O) groups is 1. The number of amides is 1. The highest BCUT2D eigenvalue weighted by Gasteiger charge is 2.04. The molecule has 0 unspecified atom stereocenters. The van der Waals surface area contributed by atoms with Gasteiger partial charge >= 0.3 is 0 Å². The van der Waals surface area contributed by atoms with Crippen molar-refractivity contribution in [1.29, 1.82) is 0 Å². The summed E-state index contributed by atoms with van der Waals surface area (Å²) in [6.45, 7) is 0.562. The zero-order valence-electron chi connectivity index (χ0n) is 17.3. The molecule has 2 N–H and O–H groups in total. The summed E-state index contributed by atoms with van der Waals surface area (Å²) in [7, 11) is 0. The Morgan fingerprint density at radius 2 is 1.66 bits per heavy atom. The molecular weight excluding hydrogens is 466 g/mol. The lowest BCUT2D eigenvalue weighted by molar-refractivity contribution is -0.119. The van der Waals surface area contributed by atoms with Crippen molar-refractivity contribution in [2.45, 2.75) is 6.61 Å². The van der Waals surface area contributed by atoms with Crippen molar-refractivity contribution in [2.24, 2.45) is 5.10 Å². The van der Waals surface area contributed by atoms with Crippen LogP contribution >= 0.6 is 15.9 Å². The van der Waals surface area contributed by atoms with Gasteiger partial charge in [-0.25, -0.2) is 5.43 Å². The van der Waals surface area contributed by atoms with Crippen LogP contribution in [0, 0.1) is 0 Å². The summed E-state index contributed by atoms with van der Waals surface area (Å²) in [6.07, 6.45) is 1.59. The van der Waals surface area contributed by atoms with Crippen LogP contribution in [0.1, 0.15) is 11.1 Å². The molecule has 0 aliphatic heterocycles. The second kappa shape index (κ2) is 10.6. The van der Waals surface area contributed by atoms with Gasteiger partial charge in [-0.15, -0.1) is 0 Å². The number of nitrogens with zero attached hydrogens (tertiary/aromatic N) is 1. The fourth-order valence-electron chi connectivity index (χ4n) is 3.23. The molecule has 4 rings (SSSR count). The molecule has 0 spiro atoms. The molecule has 1 amide bonds. The van der Waals surface area contributed by atoms with Crippen molar-refractivity contribution in [1.82, 2.24) is 5.43 Å². The van der Waals surface area contributed by atoms with E-state index in [9.17, 15) is 4.79 Å². The average Bonchev–Trinajstić information content (AvgIpc) is 2.83. The molecule has 4 aromatic rings. The van der Waals surface area contributed by atoms with Crippen molar-refractivity contribution in [3.63, 3.8) is 0 Å². The van der Waals surface area contributed by atoms with E-state index in [4.69, 9.17) is 4.74 Å². The van der Waals surface area contributed by atoms with E-state index in [2.05, 4.69) is 31.8 Å². The molecule has 0 atom stereocenters. The predicted molar refractivity (Wildman–Crippen MR) is 133 cm³/mol. The van der Waals surface area contributed by atoms with Crippen LogP contribution in [0.3, 0.4) is 0 Å². The first-order chi connectivity index (χ1) is 15.7. The van der Waals surface area contributed by atoms with Gasteiger partial charge in [-0.2, -0.15) is 5.10 Å². The number of anilines is 1. The molecule has 0 fully saturated rings. The lowest BCUT2D eigenvalue weighted by Crippen LogP contribution is -2.25. The summed E-state index contributed by atoms with van der Waals surface area (Å²) in [6, 6.07) is 29.5. The Morgan fingerprint density at radius 3 is 2.53 bits per heavy atom. The quantitative estimate of drug-likeness (QED) is 0.246. The minimum absolute atomic E-state index is 0.118. The van der Waals surface area contributed by atoms with Gasteiger partial charge in [-0.3, -0.25) is 4.79 Å². The minimum Gasteiger partial charge on any atom is -0.488 e. The maximum atomic E-state index is 12.2. The third-order valence-corrected chi connectivity index (χ3v) is 5.38. The molecule has 160 valence electrons. The average molecular weight is 488 g/mol. The first-order valence-electron chi connectivity index (χ1n) is 10.2. The number of rotatable bonds is 8. The number of halogens is 1. The van der Waals surface area contributed by atoms with E-state index in [1.165, 1.54) is 0 Å². The van der Waals surface area contributed by atoms with E-state index in [1.807, 2.05) is 91.0 Å². The maximum Gasteiger partial charge on any atom is 0.259 e. The van der Waals surface area contributed by atoms with E-state index in [0.29, 0.717) is 12.4 Å².